The lowest BCUT2D eigenvalue weighted by Gasteiger charge is -2.35. The van der Waals surface area contributed by atoms with E-state index in [9.17, 15) is 9.18 Å². The normalized spacial score (nSPS) is 25.5. The smallest absolute Gasteiger partial charge is 0.218 e. The zero-order valence-electron chi connectivity index (χ0n) is 12.2. The van der Waals surface area contributed by atoms with Gasteiger partial charge in [-0.3, -0.25) is 4.79 Å². The van der Waals surface area contributed by atoms with Crippen LogP contribution in [-0.2, 0) is 4.74 Å². The molecule has 1 aromatic carbocycles. The largest absolute Gasteiger partial charge is 0.379 e. The van der Waals surface area contributed by atoms with Crippen molar-refractivity contribution >= 4 is 5.78 Å². The average Bonchev–Trinajstić information content (AvgIpc) is 3.06. The molecule has 2 unspecified atom stereocenters. The molecule has 22 heavy (non-hydrogen) atoms. The Labute approximate surface area is 127 Å². The molecule has 0 spiro atoms. The topological polar surface area (TPSA) is 57.0 Å². The zero-order chi connectivity index (χ0) is 15.3. The van der Waals surface area contributed by atoms with E-state index in [4.69, 9.17) is 4.74 Å². The number of alkyl halides is 1. The van der Waals surface area contributed by atoms with Crippen molar-refractivity contribution in [2.45, 2.75) is 25.6 Å². The molecular weight excluding hydrogens is 285 g/mol. The zero-order valence-corrected chi connectivity index (χ0v) is 12.2. The molecule has 0 bridgehead atoms. The SMILES string of the molecule is CC1(C(=O)c2nc3n(n2)C(c2ccccc2)CC3F)COC1. The fraction of sp³-hybridized carbons (Fsp3) is 0.438. The highest BCUT2D eigenvalue weighted by atomic mass is 19.1. The highest BCUT2D eigenvalue weighted by Gasteiger charge is 2.45. The standard InChI is InChI=1S/C16H16FN3O2/c1-16(8-22-9-16)13(21)14-18-15-11(17)7-12(20(15)19-14)10-5-3-2-4-6-10/h2-6,11-12H,7-9H2,1H3. The van der Waals surface area contributed by atoms with Gasteiger partial charge in [0, 0.05) is 6.42 Å². The molecular formula is C16H16FN3O2. The highest BCUT2D eigenvalue weighted by molar-refractivity contribution is 5.97. The van der Waals surface area contributed by atoms with E-state index < -0.39 is 11.6 Å². The molecule has 1 saturated heterocycles. The number of rotatable bonds is 3. The monoisotopic (exact) mass is 301 g/mol. The van der Waals surface area contributed by atoms with Gasteiger partial charge in [-0.25, -0.2) is 14.1 Å². The number of carbonyl (C=O) groups is 1. The van der Waals surface area contributed by atoms with Gasteiger partial charge < -0.3 is 4.74 Å². The van der Waals surface area contributed by atoms with Gasteiger partial charge in [-0.2, -0.15) is 0 Å². The summed E-state index contributed by atoms with van der Waals surface area (Å²) in [4.78, 5) is 16.6. The molecule has 0 aliphatic carbocycles. The van der Waals surface area contributed by atoms with E-state index in [1.165, 1.54) is 0 Å². The lowest BCUT2D eigenvalue weighted by Crippen LogP contribution is -2.46. The minimum Gasteiger partial charge on any atom is -0.379 e. The van der Waals surface area contributed by atoms with E-state index in [1.807, 2.05) is 37.3 Å². The first-order valence-corrected chi connectivity index (χ1v) is 7.36. The summed E-state index contributed by atoms with van der Waals surface area (Å²) in [6.07, 6.45) is -0.876. The molecule has 2 aromatic rings. The first kappa shape index (κ1) is 13.6. The summed E-state index contributed by atoms with van der Waals surface area (Å²) < 4.78 is 20.9. The first-order chi connectivity index (χ1) is 10.6. The molecule has 1 aromatic heterocycles. The van der Waals surface area contributed by atoms with Crippen LogP contribution in [0.15, 0.2) is 30.3 Å². The number of fused-ring (bicyclic) bond motifs is 1. The van der Waals surface area contributed by atoms with Gasteiger partial charge in [0.25, 0.3) is 0 Å². The van der Waals surface area contributed by atoms with Crippen LogP contribution >= 0.6 is 0 Å². The molecule has 2 aliphatic heterocycles. The lowest BCUT2D eigenvalue weighted by atomic mass is 9.83. The fourth-order valence-electron chi connectivity index (χ4n) is 3.04. The Kier molecular flexibility index (Phi) is 2.91. The van der Waals surface area contributed by atoms with Crippen molar-refractivity contribution in [3.63, 3.8) is 0 Å². The molecule has 0 saturated carbocycles. The van der Waals surface area contributed by atoms with E-state index in [2.05, 4.69) is 10.1 Å². The number of hydrogen-bond donors (Lipinski definition) is 0. The van der Waals surface area contributed by atoms with Crippen LogP contribution in [0.2, 0.25) is 0 Å². The average molecular weight is 301 g/mol. The van der Waals surface area contributed by atoms with Crippen LogP contribution in [0.1, 0.15) is 47.6 Å². The lowest BCUT2D eigenvalue weighted by molar-refractivity contribution is -0.0772. The third-order valence-electron chi connectivity index (χ3n) is 4.44. The van der Waals surface area contributed by atoms with Gasteiger partial charge in [0.1, 0.15) is 0 Å². The minimum atomic E-state index is -1.19. The van der Waals surface area contributed by atoms with E-state index >= 15 is 0 Å². The number of Topliss-reactive ketones (excluding diaryl/α,β-unsaturated/α-hetero) is 1. The number of hydrogen-bond acceptors (Lipinski definition) is 4. The molecule has 3 heterocycles. The molecule has 0 radical (unpaired) electrons. The van der Waals surface area contributed by atoms with Crippen LogP contribution in [0.5, 0.6) is 0 Å². The number of benzene rings is 1. The number of carbonyl (C=O) groups excluding carboxylic acids is 1. The Morgan fingerprint density at radius 2 is 2.09 bits per heavy atom. The summed E-state index contributed by atoms with van der Waals surface area (Å²) >= 11 is 0. The van der Waals surface area contributed by atoms with Gasteiger partial charge in [0.15, 0.2) is 12.0 Å². The Balaban J connectivity index is 1.70. The van der Waals surface area contributed by atoms with Crippen LogP contribution in [0, 0.1) is 5.41 Å². The number of halogens is 1. The Bertz CT molecular complexity index is 724. The van der Waals surface area contributed by atoms with Gasteiger partial charge in [-0.05, 0) is 12.5 Å². The molecule has 2 aliphatic rings. The second-order valence-electron chi connectivity index (χ2n) is 6.25. The van der Waals surface area contributed by atoms with Crippen molar-refractivity contribution in [3.8, 4) is 0 Å². The Hall–Kier alpha value is -2.08. The second-order valence-corrected chi connectivity index (χ2v) is 6.25. The number of ketones is 1. The third-order valence-corrected chi connectivity index (χ3v) is 4.44. The van der Waals surface area contributed by atoms with Crippen LogP contribution in [0.4, 0.5) is 4.39 Å². The summed E-state index contributed by atoms with van der Waals surface area (Å²) in [5.74, 6) is 0.185. The molecule has 5 nitrogen and oxygen atoms in total. The second kappa shape index (κ2) is 4.71. The first-order valence-electron chi connectivity index (χ1n) is 7.36. The van der Waals surface area contributed by atoms with Crippen molar-refractivity contribution in [2.24, 2.45) is 5.41 Å². The third kappa shape index (κ3) is 1.90. The molecule has 4 rings (SSSR count). The number of nitrogens with zero attached hydrogens (tertiary/aromatic N) is 3. The van der Waals surface area contributed by atoms with Gasteiger partial charge in [-0.15, -0.1) is 5.10 Å². The van der Waals surface area contributed by atoms with Crippen molar-refractivity contribution in [2.75, 3.05) is 13.2 Å². The number of ether oxygens (including phenoxy) is 1. The molecule has 1 fully saturated rings. The molecule has 0 N–H and O–H groups in total. The maximum Gasteiger partial charge on any atom is 0.218 e. The van der Waals surface area contributed by atoms with Crippen LogP contribution in [0.25, 0.3) is 0 Å². The van der Waals surface area contributed by atoms with Crippen molar-refractivity contribution in [3.05, 3.63) is 47.5 Å². The van der Waals surface area contributed by atoms with Crippen LogP contribution in [-0.4, -0.2) is 33.8 Å². The maximum absolute atomic E-state index is 14.3. The summed E-state index contributed by atoms with van der Waals surface area (Å²) in [5, 5.41) is 4.31. The van der Waals surface area contributed by atoms with E-state index in [-0.39, 0.29) is 23.5 Å². The highest BCUT2D eigenvalue weighted by Crippen LogP contribution is 2.40. The van der Waals surface area contributed by atoms with Gasteiger partial charge in [-0.1, -0.05) is 30.3 Å². The predicted molar refractivity (Wildman–Crippen MR) is 76.3 cm³/mol. The molecule has 0 amide bonds. The summed E-state index contributed by atoms with van der Waals surface area (Å²) in [6.45, 7) is 2.57. The summed E-state index contributed by atoms with van der Waals surface area (Å²) in [5.41, 5.74) is 0.405. The van der Waals surface area contributed by atoms with Gasteiger partial charge >= 0.3 is 0 Å². The summed E-state index contributed by atoms with van der Waals surface area (Å²) in [7, 11) is 0. The van der Waals surface area contributed by atoms with E-state index in [0.29, 0.717) is 19.6 Å². The Morgan fingerprint density at radius 3 is 2.73 bits per heavy atom. The minimum absolute atomic E-state index is 0.101. The number of aromatic nitrogens is 3. The molecule has 6 heteroatoms. The predicted octanol–water partition coefficient (Wildman–Crippen LogP) is 2.50. The van der Waals surface area contributed by atoms with Crippen LogP contribution < -0.4 is 0 Å². The summed E-state index contributed by atoms with van der Waals surface area (Å²) in [6, 6.07) is 9.42. The van der Waals surface area contributed by atoms with Crippen molar-refractivity contribution in [1.82, 2.24) is 14.8 Å². The van der Waals surface area contributed by atoms with E-state index in [0.717, 1.165) is 5.56 Å². The molecule has 2 atom stereocenters. The van der Waals surface area contributed by atoms with Crippen molar-refractivity contribution in [1.29, 1.82) is 0 Å². The Morgan fingerprint density at radius 1 is 1.36 bits per heavy atom. The quantitative estimate of drug-likeness (QED) is 0.817. The van der Waals surface area contributed by atoms with Crippen LogP contribution in [0.3, 0.4) is 0 Å². The van der Waals surface area contributed by atoms with E-state index in [1.54, 1.807) is 4.68 Å². The molecule has 114 valence electrons. The van der Waals surface area contributed by atoms with Crippen molar-refractivity contribution < 1.29 is 13.9 Å². The van der Waals surface area contributed by atoms with Gasteiger partial charge in [0.2, 0.25) is 11.6 Å². The maximum atomic E-state index is 14.3. The van der Waals surface area contributed by atoms with Gasteiger partial charge in [0.05, 0.1) is 24.7 Å². The fourth-order valence-corrected chi connectivity index (χ4v) is 3.04.